The predicted octanol–water partition coefficient (Wildman–Crippen LogP) is 5.85. The Bertz CT molecular complexity index is 1270. The summed E-state index contributed by atoms with van der Waals surface area (Å²) in [5.41, 5.74) is 2.39. The zero-order valence-corrected chi connectivity index (χ0v) is 18.4. The van der Waals surface area contributed by atoms with Crippen molar-refractivity contribution in [2.24, 2.45) is 0 Å². The molecule has 1 heterocycles. The van der Waals surface area contributed by atoms with Gasteiger partial charge in [0, 0.05) is 11.1 Å². The number of carbonyl (C=O) groups is 1. The van der Waals surface area contributed by atoms with Gasteiger partial charge in [-0.25, -0.2) is 0 Å². The Kier molecular flexibility index (Phi) is 5.60. The molecule has 0 radical (unpaired) electrons. The highest BCUT2D eigenvalue weighted by atomic mass is 35.5. The van der Waals surface area contributed by atoms with Gasteiger partial charge in [-0.15, -0.1) is 0 Å². The summed E-state index contributed by atoms with van der Waals surface area (Å²) in [7, 11) is -4.05. The van der Waals surface area contributed by atoms with Gasteiger partial charge in [0.15, 0.2) is 5.76 Å². The second-order valence-corrected chi connectivity index (χ2v) is 9.39. The molecule has 0 amide bonds. The summed E-state index contributed by atoms with van der Waals surface area (Å²) < 4.78 is 35.8. The van der Waals surface area contributed by atoms with E-state index in [0.29, 0.717) is 16.5 Å². The minimum Gasteiger partial charge on any atom is -0.452 e. The largest absolute Gasteiger partial charge is 0.452 e. The van der Waals surface area contributed by atoms with E-state index < -0.39 is 10.1 Å². The number of hydrogen-bond acceptors (Lipinski definition) is 5. The molecule has 0 fully saturated rings. The van der Waals surface area contributed by atoms with E-state index in [2.05, 4.69) is 13.8 Å². The van der Waals surface area contributed by atoms with Crippen molar-refractivity contribution in [3.05, 3.63) is 94.2 Å². The lowest BCUT2D eigenvalue weighted by Gasteiger charge is -2.08. The van der Waals surface area contributed by atoms with E-state index >= 15 is 0 Å². The molecule has 1 aliphatic heterocycles. The summed E-state index contributed by atoms with van der Waals surface area (Å²) in [5.74, 6) is 0.612. The lowest BCUT2D eigenvalue weighted by atomic mass is 10.0. The maximum absolute atomic E-state index is 12.7. The fraction of sp³-hybridized carbons (Fsp3) is 0.125. The molecular weight excluding hydrogens is 436 g/mol. The minimum absolute atomic E-state index is 0.0279. The summed E-state index contributed by atoms with van der Waals surface area (Å²) in [6.07, 6.45) is 1.66. The van der Waals surface area contributed by atoms with Gasteiger partial charge in [0.05, 0.1) is 5.56 Å². The first-order valence-corrected chi connectivity index (χ1v) is 11.4. The fourth-order valence-corrected chi connectivity index (χ4v) is 4.17. The molecule has 1 aliphatic rings. The lowest BCUT2D eigenvalue weighted by molar-refractivity contribution is 0.101. The highest BCUT2D eigenvalue weighted by Gasteiger charge is 2.28. The monoisotopic (exact) mass is 454 g/mol. The highest BCUT2D eigenvalue weighted by Crippen LogP contribution is 2.35. The molecule has 4 rings (SSSR count). The molecule has 3 aromatic carbocycles. The molecule has 0 saturated carbocycles. The molecule has 0 N–H and O–H groups in total. The molecule has 0 aromatic heterocycles. The molecule has 0 atom stereocenters. The van der Waals surface area contributed by atoms with Crippen LogP contribution in [-0.2, 0) is 10.1 Å². The first-order valence-electron chi connectivity index (χ1n) is 9.61. The zero-order chi connectivity index (χ0) is 22.2. The second-order valence-electron chi connectivity index (χ2n) is 7.41. The number of ketones is 1. The van der Waals surface area contributed by atoms with E-state index in [1.807, 2.05) is 24.3 Å². The quantitative estimate of drug-likeness (QED) is 0.357. The average molecular weight is 455 g/mol. The van der Waals surface area contributed by atoms with E-state index in [-0.39, 0.29) is 27.9 Å². The zero-order valence-electron chi connectivity index (χ0n) is 16.8. The van der Waals surface area contributed by atoms with Gasteiger partial charge < -0.3 is 8.92 Å². The van der Waals surface area contributed by atoms with Crippen LogP contribution >= 0.6 is 11.6 Å². The number of fused-ring (bicyclic) bond motifs is 1. The Morgan fingerprint density at radius 1 is 0.968 bits per heavy atom. The predicted molar refractivity (Wildman–Crippen MR) is 119 cm³/mol. The Balaban J connectivity index is 1.56. The average Bonchev–Trinajstić information content (AvgIpc) is 3.03. The fourth-order valence-electron chi connectivity index (χ4n) is 3.12. The van der Waals surface area contributed by atoms with Crippen LogP contribution in [-0.4, -0.2) is 14.2 Å². The van der Waals surface area contributed by atoms with Crippen molar-refractivity contribution in [3.8, 4) is 11.5 Å². The molecule has 7 heteroatoms. The van der Waals surface area contributed by atoms with Gasteiger partial charge in [-0.05, 0) is 59.5 Å². The van der Waals surface area contributed by atoms with Crippen molar-refractivity contribution in [2.45, 2.75) is 24.7 Å². The Hall–Kier alpha value is -3.09. The lowest BCUT2D eigenvalue weighted by Crippen LogP contribution is -2.09. The van der Waals surface area contributed by atoms with Crippen molar-refractivity contribution in [3.63, 3.8) is 0 Å². The summed E-state index contributed by atoms with van der Waals surface area (Å²) in [4.78, 5) is 12.6. The first kappa shape index (κ1) is 21.2. The third kappa shape index (κ3) is 4.50. The molecule has 5 nitrogen and oxygen atoms in total. The molecule has 0 unspecified atom stereocenters. The highest BCUT2D eigenvalue weighted by molar-refractivity contribution is 7.87. The number of benzene rings is 3. The van der Waals surface area contributed by atoms with Gasteiger partial charge in [0.1, 0.15) is 16.4 Å². The van der Waals surface area contributed by atoms with Gasteiger partial charge >= 0.3 is 10.1 Å². The van der Waals surface area contributed by atoms with Crippen LogP contribution in [0, 0.1) is 0 Å². The number of ether oxygens (including phenoxy) is 1. The Morgan fingerprint density at radius 2 is 1.65 bits per heavy atom. The number of allylic oxidation sites excluding steroid dienone is 1. The molecule has 31 heavy (non-hydrogen) atoms. The molecule has 0 spiro atoms. The van der Waals surface area contributed by atoms with Crippen molar-refractivity contribution >= 4 is 33.6 Å². The normalized spacial score (nSPS) is 14.6. The smallest absolute Gasteiger partial charge is 0.339 e. The molecule has 158 valence electrons. The van der Waals surface area contributed by atoms with Crippen LogP contribution in [0.1, 0.15) is 41.3 Å². The van der Waals surface area contributed by atoms with Gasteiger partial charge in [0.2, 0.25) is 5.78 Å². The standard InChI is InChI=1S/C24H19ClO5S/c1-15(2)17-5-3-16(4-6-17)13-23-24(26)21-12-9-19(14-22(21)29-23)30-31(27,28)20-10-7-18(25)8-11-20/h3-15H,1-2H3/b23-13-. The van der Waals surface area contributed by atoms with Crippen molar-refractivity contribution in [2.75, 3.05) is 0 Å². The Morgan fingerprint density at radius 3 is 2.29 bits per heavy atom. The molecule has 0 saturated heterocycles. The van der Waals surface area contributed by atoms with E-state index in [1.54, 1.807) is 6.08 Å². The second kappa shape index (κ2) is 8.21. The number of Topliss-reactive ketones (excluding diaryl/α,β-unsaturated/α-hetero) is 1. The van der Waals surface area contributed by atoms with Crippen molar-refractivity contribution in [1.82, 2.24) is 0 Å². The van der Waals surface area contributed by atoms with Crippen LogP contribution in [0.15, 0.2) is 77.4 Å². The van der Waals surface area contributed by atoms with Crippen LogP contribution in [0.3, 0.4) is 0 Å². The van der Waals surface area contributed by atoms with E-state index in [1.165, 1.54) is 48.0 Å². The molecular formula is C24H19ClO5S. The third-order valence-electron chi connectivity index (χ3n) is 4.85. The van der Waals surface area contributed by atoms with Crippen LogP contribution in [0.4, 0.5) is 0 Å². The van der Waals surface area contributed by atoms with E-state index in [4.69, 9.17) is 20.5 Å². The topological polar surface area (TPSA) is 69.7 Å². The third-order valence-corrected chi connectivity index (χ3v) is 6.36. The summed E-state index contributed by atoms with van der Waals surface area (Å²) >= 11 is 5.80. The Labute approximate surface area is 186 Å². The summed E-state index contributed by atoms with van der Waals surface area (Å²) in [6, 6.07) is 17.8. The first-order chi connectivity index (χ1) is 14.7. The number of carbonyl (C=O) groups excluding carboxylic acids is 1. The van der Waals surface area contributed by atoms with Crippen LogP contribution in [0.2, 0.25) is 5.02 Å². The van der Waals surface area contributed by atoms with Crippen LogP contribution in [0.5, 0.6) is 11.5 Å². The molecule has 3 aromatic rings. The molecule has 0 bridgehead atoms. The maximum Gasteiger partial charge on any atom is 0.339 e. The van der Waals surface area contributed by atoms with Crippen molar-refractivity contribution in [1.29, 1.82) is 0 Å². The van der Waals surface area contributed by atoms with Crippen LogP contribution in [0.25, 0.3) is 6.08 Å². The minimum atomic E-state index is -4.05. The van der Waals surface area contributed by atoms with E-state index in [0.717, 1.165) is 5.56 Å². The number of halogens is 1. The molecule has 0 aliphatic carbocycles. The number of rotatable bonds is 5. The number of hydrogen-bond donors (Lipinski definition) is 0. The maximum atomic E-state index is 12.7. The van der Waals surface area contributed by atoms with Gasteiger partial charge in [-0.3, -0.25) is 4.79 Å². The van der Waals surface area contributed by atoms with E-state index in [9.17, 15) is 13.2 Å². The van der Waals surface area contributed by atoms with Gasteiger partial charge in [-0.2, -0.15) is 8.42 Å². The van der Waals surface area contributed by atoms with Crippen molar-refractivity contribution < 1.29 is 22.1 Å². The van der Waals surface area contributed by atoms with Gasteiger partial charge in [0.25, 0.3) is 0 Å². The van der Waals surface area contributed by atoms with Crippen LogP contribution < -0.4 is 8.92 Å². The summed E-state index contributed by atoms with van der Waals surface area (Å²) in [5, 5.41) is 0.418. The van der Waals surface area contributed by atoms with Gasteiger partial charge in [-0.1, -0.05) is 49.7 Å². The SMILES string of the molecule is CC(C)c1ccc(/C=C2\Oc3cc(OS(=O)(=O)c4ccc(Cl)cc4)ccc3C2=O)cc1. The summed E-state index contributed by atoms with van der Waals surface area (Å²) in [6.45, 7) is 4.22.